The van der Waals surface area contributed by atoms with Crippen molar-refractivity contribution in [3.05, 3.63) is 22.4 Å². The lowest BCUT2D eigenvalue weighted by molar-refractivity contribution is 0.0945. The van der Waals surface area contributed by atoms with Gasteiger partial charge in [0.15, 0.2) is 0 Å². The van der Waals surface area contributed by atoms with E-state index in [1.54, 1.807) is 4.57 Å². The first-order valence-electron chi connectivity index (χ1n) is 4.25. The fourth-order valence-electron chi connectivity index (χ4n) is 1.08. The predicted molar refractivity (Wildman–Crippen MR) is 55.7 cm³/mol. The highest BCUT2D eigenvalue weighted by Crippen LogP contribution is 2.13. The zero-order chi connectivity index (χ0) is 9.84. The third-order valence-corrected chi connectivity index (χ3v) is 2.17. The van der Waals surface area contributed by atoms with Crippen LogP contribution in [-0.4, -0.2) is 17.0 Å². The number of aromatic nitrogens is 1. The van der Waals surface area contributed by atoms with E-state index >= 15 is 0 Å². The summed E-state index contributed by atoms with van der Waals surface area (Å²) in [6, 6.07) is 1.81. The summed E-state index contributed by atoms with van der Waals surface area (Å²) < 4.78 is 2.73. The second-order valence-corrected chi connectivity index (χ2v) is 3.83. The fourth-order valence-corrected chi connectivity index (χ4v) is 1.60. The van der Waals surface area contributed by atoms with E-state index in [2.05, 4.69) is 21.2 Å². The first-order chi connectivity index (χ1) is 6.15. The number of hydrogen-bond donors (Lipinski definition) is 1. The summed E-state index contributed by atoms with van der Waals surface area (Å²) in [6.45, 7) is 2.75. The highest BCUT2D eigenvalue weighted by molar-refractivity contribution is 9.10. The molecule has 0 fully saturated rings. The molecule has 0 unspecified atom stereocenters. The van der Waals surface area contributed by atoms with Crippen LogP contribution in [0.1, 0.15) is 23.8 Å². The second kappa shape index (κ2) is 4.46. The van der Waals surface area contributed by atoms with E-state index in [1.165, 1.54) is 0 Å². The molecule has 1 rings (SSSR count). The van der Waals surface area contributed by atoms with Crippen LogP contribution in [0.5, 0.6) is 0 Å². The first-order valence-corrected chi connectivity index (χ1v) is 5.04. The van der Waals surface area contributed by atoms with Crippen LogP contribution in [0.15, 0.2) is 16.7 Å². The molecule has 0 saturated heterocycles. The van der Waals surface area contributed by atoms with Crippen LogP contribution in [0.4, 0.5) is 0 Å². The molecule has 1 N–H and O–H groups in total. The maximum Gasteiger partial charge on any atom is 0.267 e. The van der Waals surface area contributed by atoms with Gasteiger partial charge in [-0.2, -0.15) is 0 Å². The number of carbonyl (C=O) groups excluding carboxylic acids is 1. The van der Waals surface area contributed by atoms with E-state index in [0.717, 1.165) is 17.4 Å². The average molecular weight is 245 g/mol. The van der Waals surface area contributed by atoms with Crippen LogP contribution < -0.4 is 5.32 Å². The minimum Gasteiger partial charge on any atom is -0.351 e. The molecule has 3 nitrogen and oxygen atoms in total. The van der Waals surface area contributed by atoms with E-state index < -0.39 is 0 Å². The molecule has 72 valence electrons. The molecular formula is C9H13BrN2O. The molecule has 1 aromatic rings. The normalized spacial score (nSPS) is 10.1. The van der Waals surface area contributed by atoms with Crippen LogP contribution in [0.25, 0.3) is 0 Å². The lowest BCUT2D eigenvalue weighted by atomic mass is 10.4. The van der Waals surface area contributed by atoms with Crippen molar-refractivity contribution in [2.24, 2.45) is 7.05 Å². The van der Waals surface area contributed by atoms with Crippen molar-refractivity contribution < 1.29 is 4.79 Å². The van der Waals surface area contributed by atoms with Gasteiger partial charge in [-0.15, -0.1) is 0 Å². The maximum absolute atomic E-state index is 11.5. The molecule has 0 aliphatic carbocycles. The molecule has 0 aliphatic heterocycles. The summed E-state index contributed by atoms with van der Waals surface area (Å²) in [7, 11) is 1.85. The van der Waals surface area contributed by atoms with Gasteiger partial charge in [-0.1, -0.05) is 6.92 Å². The minimum atomic E-state index is -0.0185. The summed E-state index contributed by atoms with van der Waals surface area (Å²) >= 11 is 3.32. The topological polar surface area (TPSA) is 34.0 Å². The summed E-state index contributed by atoms with van der Waals surface area (Å²) in [5, 5.41) is 2.82. The lowest BCUT2D eigenvalue weighted by Crippen LogP contribution is -2.25. The predicted octanol–water partition coefficient (Wildman–Crippen LogP) is 1.93. The van der Waals surface area contributed by atoms with Crippen molar-refractivity contribution in [3.63, 3.8) is 0 Å². The van der Waals surface area contributed by atoms with Crippen molar-refractivity contribution in [1.29, 1.82) is 0 Å². The van der Waals surface area contributed by atoms with Gasteiger partial charge in [-0.05, 0) is 28.4 Å². The second-order valence-electron chi connectivity index (χ2n) is 2.91. The Balaban J connectivity index is 2.70. The number of hydrogen-bond acceptors (Lipinski definition) is 1. The van der Waals surface area contributed by atoms with E-state index in [-0.39, 0.29) is 5.91 Å². The van der Waals surface area contributed by atoms with Crippen LogP contribution in [-0.2, 0) is 7.05 Å². The molecule has 0 saturated carbocycles. The van der Waals surface area contributed by atoms with E-state index in [9.17, 15) is 4.79 Å². The number of aryl methyl sites for hydroxylation is 1. The summed E-state index contributed by atoms with van der Waals surface area (Å²) in [4.78, 5) is 11.5. The Kier molecular flexibility index (Phi) is 3.54. The van der Waals surface area contributed by atoms with Gasteiger partial charge in [0.1, 0.15) is 5.69 Å². The molecule has 1 heterocycles. The molecular weight excluding hydrogens is 232 g/mol. The van der Waals surface area contributed by atoms with Gasteiger partial charge in [-0.3, -0.25) is 4.79 Å². The van der Waals surface area contributed by atoms with Crippen LogP contribution >= 0.6 is 15.9 Å². The van der Waals surface area contributed by atoms with Crippen LogP contribution in [0.3, 0.4) is 0 Å². The Morgan fingerprint density at radius 1 is 1.69 bits per heavy atom. The number of halogens is 1. The number of carbonyl (C=O) groups is 1. The number of nitrogens with one attached hydrogen (secondary N) is 1. The van der Waals surface area contributed by atoms with Crippen LogP contribution in [0, 0.1) is 0 Å². The quantitative estimate of drug-likeness (QED) is 0.867. The SMILES string of the molecule is CCCNC(=O)c1cc(Br)cn1C. The van der Waals surface area contributed by atoms with Crippen molar-refractivity contribution in [2.75, 3.05) is 6.54 Å². The third-order valence-electron chi connectivity index (χ3n) is 1.74. The van der Waals surface area contributed by atoms with Gasteiger partial charge in [0.2, 0.25) is 0 Å². The summed E-state index contributed by atoms with van der Waals surface area (Å²) in [5.74, 6) is -0.0185. The van der Waals surface area contributed by atoms with Crippen molar-refractivity contribution in [3.8, 4) is 0 Å². The Morgan fingerprint density at radius 2 is 2.38 bits per heavy atom. The van der Waals surface area contributed by atoms with Gasteiger partial charge in [0.25, 0.3) is 5.91 Å². The Hall–Kier alpha value is -0.770. The van der Waals surface area contributed by atoms with Crippen molar-refractivity contribution in [1.82, 2.24) is 9.88 Å². The summed E-state index contributed by atoms with van der Waals surface area (Å²) in [5.41, 5.74) is 0.681. The molecule has 0 aromatic carbocycles. The molecule has 0 spiro atoms. The van der Waals surface area contributed by atoms with Crippen LogP contribution in [0.2, 0.25) is 0 Å². The van der Waals surface area contributed by atoms with Gasteiger partial charge in [0.05, 0.1) is 0 Å². The third kappa shape index (κ3) is 2.59. The molecule has 4 heteroatoms. The number of amides is 1. The minimum absolute atomic E-state index is 0.0185. The molecule has 0 bridgehead atoms. The monoisotopic (exact) mass is 244 g/mol. The van der Waals surface area contributed by atoms with Gasteiger partial charge >= 0.3 is 0 Å². The van der Waals surface area contributed by atoms with Crippen molar-refractivity contribution >= 4 is 21.8 Å². The highest BCUT2D eigenvalue weighted by atomic mass is 79.9. The Morgan fingerprint density at radius 3 is 2.85 bits per heavy atom. The van der Waals surface area contributed by atoms with Gasteiger partial charge in [0, 0.05) is 24.3 Å². The average Bonchev–Trinajstić information content (AvgIpc) is 2.41. The first kappa shape index (κ1) is 10.3. The lowest BCUT2D eigenvalue weighted by Gasteiger charge is -2.03. The van der Waals surface area contributed by atoms with Gasteiger partial charge < -0.3 is 9.88 Å². The fraction of sp³-hybridized carbons (Fsp3) is 0.444. The van der Waals surface area contributed by atoms with E-state index in [4.69, 9.17) is 0 Å². The largest absolute Gasteiger partial charge is 0.351 e. The standard InChI is InChI=1S/C9H13BrN2O/c1-3-4-11-9(13)8-5-7(10)6-12(8)2/h5-6H,3-4H2,1-2H3,(H,11,13). The number of nitrogens with zero attached hydrogens (tertiary/aromatic N) is 1. The van der Waals surface area contributed by atoms with Gasteiger partial charge in [-0.25, -0.2) is 0 Å². The molecule has 1 amide bonds. The number of rotatable bonds is 3. The Bertz CT molecular complexity index is 307. The zero-order valence-corrected chi connectivity index (χ0v) is 9.39. The van der Waals surface area contributed by atoms with E-state index in [0.29, 0.717) is 5.69 Å². The summed E-state index contributed by atoms with van der Waals surface area (Å²) in [6.07, 6.45) is 2.82. The Labute approximate surface area is 86.3 Å². The molecule has 13 heavy (non-hydrogen) atoms. The molecule has 0 aliphatic rings. The zero-order valence-electron chi connectivity index (χ0n) is 7.80. The highest BCUT2D eigenvalue weighted by Gasteiger charge is 2.09. The molecule has 0 atom stereocenters. The smallest absolute Gasteiger partial charge is 0.267 e. The van der Waals surface area contributed by atoms with Crippen molar-refractivity contribution in [2.45, 2.75) is 13.3 Å². The molecule has 1 aromatic heterocycles. The maximum atomic E-state index is 11.5. The molecule has 0 radical (unpaired) electrons. The van der Waals surface area contributed by atoms with E-state index in [1.807, 2.05) is 26.2 Å².